The van der Waals surface area contributed by atoms with Crippen molar-refractivity contribution < 1.29 is 0 Å². The van der Waals surface area contributed by atoms with Gasteiger partial charge in [0.05, 0.1) is 0 Å². The summed E-state index contributed by atoms with van der Waals surface area (Å²) in [6.07, 6.45) is 0. The lowest BCUT2D eigenvalue weighted by Crippen LogP contribution is -2.25. The largest absolute Gasteiger partial charge is 0.323 e. The van der Waals surface area contributed by atoms with Crippen molar-refractivity contribution in [1.29, 1.82) is 0 Å². The maximum Gasteiger partial charge on any atom is 0.0424 e. The zero-order chi connectivity index (χ0) is 8.97. The highest BCUT2D eigenvalue weighted by Crippen LogP contribution is 2.09. The average Bonchev–Trinajstić information content (AvgIpc) is 2.05. The molecule has 0 radical (unpaired) electrons. The highest BCUT2D eigenvalue weighted by molar-refractivity contribution is 5.18. The summed E-state index contributed by atoms with van der Waals surface area (Å²) in [5.41, 5.74) is 7.15. The molecule has 1 atom stereocenters. The number of hydrogen-bond donors (Lipinski definition) is 1. The van der Waals surface area contributed by atoms with Gasteiger partial charge in [0.1, 0.15) is 0 Å². The first-order chi connectivity index (χ1) is 5.70. The number of hydrogen-bond acceptors (Lipinski definition) is 2. The van der Waals surface area contributed by atoms with E-state index in [9.17, 15) is 0 Å². The summed E-state index contributed by atoms with van der Waals surface area (Å²) < 4.78 is 0. The van der Waals surface area contributed by atoms with Crippen LogP contribution in [0, 0.1) is 0 Å². The number of nitrogens with two attached hydrogens (primary N) is 1. The lowest BCUT2D eigenvalue weighted by atomic mass is 10.1. The van der Waals surface area contributed by atoms with Gasteiger partial charge in [-0.3, -0.25) is 0 Å². The maximum absolute atomic E-state index is 5.95. The number of rotatable bonds is 3. The Bertz CT molecular complexity index is 219. The first-order valence-electron chi connectivity index (χ1n) is 4.15. The summed E-state index contributed by atoms with van der Waals surface area (Å²) in [5, 5.41) is 0. The standard InChI is InChI=1S/C10H16N2/c1-12(2)8-10(11)9-6-4-3-5-7-9/h3-7,10H,8,11H2,1-2H3. The molecule has 0 aliphatic heterocycles. The number of likely N-dealkylation sites (N-methyl/N-ethyl adjacent to an activating group) is 1. The molecule has 2 N–H and O–H groups in total. The molecular formula is C10H16N2. The topological polar surface area (TPSA) is 29.3 Å². The van der Waals surface area contributed by atoms with Crippen LogP contribution in [0.2, 0.25) is 0 Å². The van der Waals surface area contributed by atoms with Gasteiger partial charge in [0.25, 0.3) is 0 Å². The summed E-state index contributed by atoms with van der Waals surface area (Å²) in [7, 11) is 4.06. The molecule has 0 heterocycles. The lowest BCUT2D eigenvalue weighted by Gasteiger charge is -2.16. The highest BCUT2D eigenvalue weighted by atomic mass is 15.1. The smallest absolute Gasteiger partial charge is 0.0424 e. The third-order valence-electron chi connectivity index (χ3n) is 1.79. The van der Waals surface area contributed by atoms with Crippen LogP contribution in [0.5, 0.6) is 0 Å². The van der Waals surface area contributed by atoms with Crippen molar-refractivity contribution in [3.05, 3.63) is 35.9 Å². The predicted molar refractivity (Wildman–Crippen MR) is 51.9 cm³/mol. The van der Waals surface area contributed by atoms with E-state index in [4.69, 9.17) is 5.73 Å². The second kappa shape index (κ2) is 4.24. The zero-order valence-electron chi connectivity index (χ0n) is 7.70. The second-order valence-corrected chi connectivity index (χ2v) is 3.28. The molecule has 0 aromatic heterocycles. The Hall–Kier alpha value is -0.860. The highest BCUT2D eigenvalue weighted by Gasteiger charge is 2.04. The van der Waals surface area contributed by atoms with Crippen LogP contribution < -0.4 is 5.73 Å². The van der Waals surface area contributed by atoms with E-state index in [0.29, 0.717) is 0 Å². The van der Waals surface area contributed by atoms with E-state index in [1.54, 1.807) is 0 Å². The molecule has 66 valence electrons. The van der Waals surface area contributed by atoms with E-state index in [-0.39, 0.29) is 6.04 Å². The minimum Gasteiger partial charge on any atom is -0.323 e. The van der Waals surface area contributed by atoms with E-state index >= 15 is 0 Å². The Kier molecular flexibility index (Phi) is 3.26. The van der Waals surface area contributed by atoms with Crippen molar-refractivity contribution >= 4 is 0 Å². The van der Waals surface area contributed by atoms with Crippen molar-refractivity contribution in [2.45, 2.75) is 6.04 Å². The van der Waals surface area contributed by atoms with Gasteiger partial charge in [-0.2, -0.15) is 0 Å². The molecule has 0 saturated carbocycles. The van der Waals surface area contributed by atoms with Crippen LogP contribution in [-0.2, 0) is 0 Å². The molecule has 0 fully saturated rings. The Balaban J connectivity index is 2.59. The molecule has 0 aliphatic rings. The average molecular weight is 164 g/mol. The van der Waals surface area contributed by atoms with Crippen molar-refractivity contribution in [2.75, 3.05) is 20.6 Å². The monoisotopic (exact) mass is 164 g/mol. The zero-order valence-corrected chi connectivity index (χ0v) is 7.70. The summed E-state index contributed by atoms with van der Waals surface area (Å²) in [6.45, 7) is 0.893. The Morgan fingerprint density at radius 3 is 2.33 bits per heavy atom. The van der Waals surface area contributed by atoms with Gasteiger partial charge in [0, 0.05) is 12.6 Å². The van der Waals surface area contributed by atoms with Crippen LogP contribution >= 0.6 is 0 Å². The molecule has 0 spiro atoms. The van der Waals surface area contributed by atoms with E-state index < -0.39 is 0 Å². The molecule has 1 aromatic carbocycles. The third kappa shape index (κ3) is 2.64. The molecule has 0 bridgehead atoms. The van der Waals surface area contributed by atoms with Gasteiger partial charge in [0.15, 0.2) is 0 Å². The van der Waals surface area contributed by atoms with E-state index in [2.05, 4.69) is 17.0 Å². The van der Waals surface area contributed by atoms with Crippen LogP contribution in [0.3, 0.4) is 0 Å². The Labute approximate surface area is 74.0 Å². The molecule has 0 amide bonds. The van der Waals surface area contributed by atoms with E-state index in [0.717, 1.165) is 6.54 Å². The summed E-state index contributed by atoms with van der Waals surface area (Å²) in [4.78, 5) is 2.09. The third-order valence-corrected chi connectivity index (χ3v) is 1.79. The van der Waals surface area contributed by atoms with Crippen LogP contribution in [0.25, 0.3) is 0 Å². The minimum absolute atomic E-state index is 0.126. The van der Waals surface area contributed by atoms with Crippen molar-refractivity contribution in [3.63, 3.8) is 0 Å². The van der Waals surface area contributed by atoms with Gasteiger partial charge in [-0.15, -0.1) is 0 Å². The van der Waals surface area contributed by atoms with Crippen LogP contribution in [0.4, 0.5) is 0 Å². The molecule has 12 heavy (non-hydrogen) atoms. The first-order valence-corrected chi connectivity index (χ1v) is 4.15. The van der Waals surface area contributed by atoms with Crippen LogP contribution in [0.1, 0.15) is 11.6 Å². The summed E-state index contributed by atoms with van der Waals surface area (Å²) >= 11 is 0. The van der Waals surface area contributed by atoms with Gasteiger partial charge < -0.3 is 10.6 Å². The van der Waals surface area contributed by atoms with Gasteiger partial charge in [-0.1, -0.05) is 30.3 Å². The predicted octanol–water partition coefficient (Wildman–Crippen LogP) is 1.25. The van der Waals surface area contributed by atoms with Gasteiger partial charge in [-0.05, 0) is 19.7 Å². The van der Waals surface area contributed by atoms with Crippen LogP contribution in [0.15, 0.2) is 30.3 Å². The Morgan fingerprint density at radius 1 is 1.25 bits per heavy atom. The fourth-order valence-corrected chi connectivity index (χ4v) is 1.20. The van der Waals surface area contributed by atoms with Crippen molar-refractivity contribution in [3.8, 4) is 0 Å². The first kappa shape index (κ1) is 9.23. The molecule has 0 saturated heterocycles. The molecule has 1 rings (SSSR count). The normalized spacial score (nSPS) is 13.3. The van der Waals surface area contributed by atoms with Gasteiger partial charge in [-0.25, -0.2) is 0 Å². The number of benzene rings is 1. The molecular weight excluding hydrogens is 148 g/mol. The maximum atomic E-state index is 5.95. The molecule has 1 aromatic rings. The molecule has 1 unspecified atom stereocenters. The molecule has 0 aliphatic carbocycles. The number of nitrogens with zero attached hydrogens (tertiary/aromatic N) is 1. The molecule has 2 heteroatoms. The van der Waals surface area contributed by atoms with Crippen molar-refractivity contribution in [2.24, 2.45) is 5.73 Å². The fourth-order valence-electron chi connectivity index (χ4n) is 1.20. The Morgan fingerprint density at radius 2 is 1.83 bits per heavy atom. The summed E-state index contributed by atoms with van der Waals surface area (Å²) in [5.74, 6) is 0. The van der Waals surface area contributed by atoms with E-state index in [1.165, 1.54) is 5.56 Å². The fraction of sp³-hybridized carbons (Fsp3) is 0.400. The van der Waals surface area contributed by atoms with E-state index in [1.807, 2.05) is 32.3 Å². The lowest BCUT2D eigenvalue weighted by molar-refractivity contribution is 0.376. The minimum atomic E-state index is 0.126. The van der Waals surface area contributed by atoms with Gasteiger partial charge in [0.2, 0.25) is 0 Å². The van der Waals surface area contributed by atoms with Crippen molar-refractivity contribution in [1.82, 2.24) is 4.90 Å². The summed E-state index contributed by atoms with van der Waals surface area (Å²) in [6, 6.07) is 10.3. The van der Waals surface area contributed by atoms with Gasteiger partial charge >= 0.3 is 0 Å². The SMILES string of the molecule is CN(C)CC(N)c1ccccc1. The van der Waals surface area contributed by atoms with Crippen LogP contribution in [-0.4, -0.2) is 25.5 Å². The molecule has 2 nitrogen and oxygen atoms in total. The second-order valence-electron chi connectivity index (χ2n) is 3.28. The quantitative estimate of drug-likeness (QED) is 0.728.